The van der Waals surface area contributed by atoms with Gasteiger partial charge in [-0.2, -0.15) is 0 Å². The number of hydrogen-bond acceptors (Lipinski definition) is 4. The van der Waals surface area contributed by atoms with E-state index in [1.54, 1.807) is 0 Å². The van der Waals surface area contributed by atoms with E-state index in [9.17, 15) is 9.59 Å². The summed E-state index contributed by atoms with van der Waals surface area (Å²) >= 11 is 0. The van der Waals surface area contributed by atoms with Crippen LogP contribution in [0.2, 0.25) is 0 Å². The molecule has 0 rings (SSSR count). The lowest BCUT2D eigenvalue weighted by Gasteiger charge is -2.03. The Labute approximate surface area is 160 Å². The third kappa shape index (κ3) is 19.2. The van der Waals surface area contributed by atoms with Gasteiger partial charge in [-0.05, 0) is 45.1 Å². The molecule has 0 spiro atoms. The van der Waals surface area contributed by atoms with Crippen LogP contribution in [0.3, 0.4) is 0 Å². The molecule has 0 aromatic rings. The van der Waals surface area contributed by atoms with Crippen LogP contribution in [0, 0.1) is 0 Å². The van der Waals surface area contributed by atoms with Gasteiger partial charge in [0.15, 0.2) is 0 Å². The number of nitrogens with two attached hydrogens (primary N) is 1. The smallest absolute Gasteiger partial charge is 0.313 e. The first-order valence-corrected chi connectivity index (χ1v) is 10.8. The monoisotopic (exact) mass is 367 g/mol. The van der Waals surface area contributed by atoms with Crippen molar-refractivity contribution < 1.29 is 14.3 Å². The van der Waals surface area contributed by atoms with Gasteiger partial charge in [0.25, 0.3) is 0 Å². The quantitative estimate of drug-likeness (QED) is 0.143. The van der Waals surface area contributed by atoms with Crippen LogP contribution in [0.15, 0.2) is 12.2 Å². The van der Waals surface area contributed by atoms with E-state index in [1.807, 2.05) is 0 Å². The van der Waals surface area contributed by atoms with Gasteiger partial charge in [-0.25, -0.2) is 0 Å². The van der Waals surface area contributed by atoms with Gasteiger partial charge in [-0.1, -0.05) is 70.4 Å². The molecule has 4 nitrogen and oxygen atoms in total. The maximum Gasteiger partial charge on any atom is 0.313 e. The Morgan fingerprint density at radius 3 is 1.69 bits per heavy atom. The van der Waals surface area contributed by atoms with Crippen molar-refractivity contribution in [2.24, 2.45) is 5.73 Å². The summed E-state index contributed by atoms with van der Waals surface area (Å²) in [5, 5.41) is 0. The average molecular weight is 368 g/mol. The Bertz CT molecular complexity index is 366. The highest BCUT2D eigenvalue weighted by molar-refractivity contribution is 5.85. The molecule has 0 heterocycles. The van der Waals surface area contributed by atoms with Gasteiger partial charge < -0.3 is 10.5 Å². The van der Waals surface area contributed by atoms with Crippen molar-refractivity contribution in [3.05, 3.63) is 12.2 Å². The van der Waals surface area contributed by atoms with Gasteiger partial charge in [0.05, 0.1) is 0 Å². The normalized spacial score (nSPS) is 11.2. The van der Waals surface area contributed by atoms with E-state index in [0.717, 1.165) is 25.7 Å². The molecule has 152 valence electrons. The van der Waals surface area contributed by atoms with Crippen molar-refractivity contribution in [1.29, 1.82) is 0 Å². The zero-order chi connectivity index (χ0) is 19.3. The minimum absolute atomic E-state index is 0.231. The highest BCUT2D eigenvalue weighted by atomic mass is 16.6. The van der Waals surface area contributed by atoms with Gasteiger partial charge in [-0.15, -0.1) is 0 Å². The van der Waals surface area contributed by atoms with Gasteiger partial charge in [0, 0.05) is 12.8 Å². The number of rotatable bonds is 18. The van der Waals surface area contributed by atoms with Crippen LogP contribution in [-0.2, 0) is 14.3 Å². The molecule has 0 saturated carbocycles. The zero-order valence-electron chi connectivity index (χ0n) is 17.0. The predicted octanol–water partition coefficient (Wildman–Crippen LogP) is 5.83. The molecular formula is C22H41NO3. The fourth-order valence-corrected chi connectivity index (χ4v) is 2.82. The molecule has 0 aliphatic heterocycles. The number of hydrogen-bond donors (Lipinski definition) is 1. The van der Waals surface area contributed by atoms with Gasteiger partial charge in [-0.3, -0.25) is 9.59 Å². The molecule has 0 saturated heterocycles. The van der Waals surface area contributed by atoms with Crippen LogP contribution in [0.5, 0.6) is 0 Å². The molecule has 0 atom stereocenters. The fraction of sp³-hybridized carbons (Fsp3) is 0.818. The minimum atomic E-state index is -0.451. The number of ether oxygens (including phenoxy) is 1. The SMILES string of the molecule is CCCCCCCC/C=C\CCCCCCCC(=O)OC(=O)CCCN. The van der Waals surface area contributed by atoms with Crippen molar-refractivity contribution in [2.75, 3.05) is 6.54 Å². The van der Waals surface area contributed by atoms with E-state index in [2.05, 4.69) is 19.1 Å². The van der Waals surface area contributed by atoms with Crippen LogP contribution >= 0.6 is 0 Å². The average Bonchev–Trinajstić information content (AvgIpc) is 2.63. The van der Waals surface area contributed by atoms with Gasteiger partial charge in [0.1, 0.15) is 0 Å². The third-order valence-corrected chi connectivity index (χ3v) is 4.46. The summed E-state index contributed by atoms with van der Waals surface area (Å²) in [5.74, 6) is -0.849. The van der Waals surface area contributed by atoms with Crippen LogP contribution in [0.1, 0.15) is 110 Å². The van der Waals surface area contributed by atoms with Gasteiger partial charge in [0.2, 0.25) is 0 Å². The topological polar surface area (TPSA) is 69.4 Å². The summed E-state index contributed by atoms with van der Waals surface area (Å²) in [6, 6.07) is 0. The molecular weight excluding hydrogens is 326 g/mol. The fourth-order valence-electron chi connectivity index (χ4n) is 2.82. The highest BCUT2D eigenvalue weighted by Gasteiger charge is 2.09. The van der Waals surface area contributed by atoms with Crippen LogP contribution in [0.4, 0.5) is 0 Å². The second-order valence-corrected chi connectivity index (χ2v) is 7.07. The maximum absolute atomic E-state index is 11.5. The molecule has 26 heavy (non-hydrogen) atoms. The summed E-state index contributed by atoms with van der Waals surface area (Å²) in [6.45, 7) is 2.70. The summed E-state index contributed by atoms with van der Waals surface area (Å²) in [4.78, 5) is 22.7. The van der Waals surface area contributed by atoms with E-state index < -0.39 is 11.9 Å². The zero-order valence-corrected chi connectivity index (χ0v) is 17.0. The molecule has 0 bridgehead atoms. The summed E-state index contributed by atoms with van der Waals surface area (Å²) < 4.78 is 4.73. The standard InChI is InChI=1S/C22H41NO3/c1-2-3-4-5-6-7-8-9-10-11-12-13-14-15-16-18-21(24)26-22(25)19-17-20-23/h9-10H,2-8,11-20,23H2,1H3/b10-9-. The number of esters is 2. The minimum Gasteiger partial charge on any atom is -0.393 e. The molecule has 4 heteroatoms. The Morgan fingerprint density at radius 2 is 1.15 bits per heavy atom. The lowest BCUT2D eigenvalue weighted by Crippen LogP contribution is -2.13. The second-order valence-electron chi connectivity index (χ2n) is 7.07. The Balaban J connectivity index is 3.29. The van der Waals surface area contributed by atoms with Crippen molar-refractivity contribution in [1.82, 2.24) is 0 Å². The molecule has 0 aromatic carbocycles. The molecule has 0 fully saturated rings. The summed E-state index contributed by atoms with van der Waals surface area (Å²) in [5.41, 5.74) is 5.31. The van der Waals surface area contributed by atoms with E-state index in [4.69, 9.17) is 10.5 Å². The predicted molar refractivity (Wildman–Crippen MR) is 109 cm³/mol. The van der Waals surface area contributed by atoms with Crippen molar-refractivity contribution in [2.45, 2.75) is 110 Å². The highest BCUT2D eigenvalue weighted by Crippen LogP contribution is 2.10. The second kappa shape index (κ2) is 20.2. The molecule has 0 unspecified atom stereocenters. The van der Waals surface area contributed by atoms with Gasteiger partial charge >= 0.3 is 11.9 Å². The molecule has 2 N–H and O–H groups in total. The van der Waals surface area contributed by atoms with Crippen molar-refractivity contribution in [3.63, 3.8) is 0 Å². The van der Waals surface area contributed by atoms with Crippen LogP contribution in [0.25, 0.3) is 0 Å². The van der Waals surface area contributed by atoms with E-state index >= 15 is 0 Å². The number of carbonyl (C=O) groups excluding carboxylic acids is 2. The maximum atomic E-state index is 11.5. The third-order valence-electron chi connectivity index (χ3n) is 4.46. The lowest BCUT2D eigenvalue weighted by molar-refractivity contribution is -0.159. The first-order chi connectivity index (χ1) is 12.7. The Hall–Kier alpha value is -1.16. The molecule has 0 radical (unpaired) electrons. The first-order valence-electron chi connectivity index (χ1n) is 10.8. The molecule has 0 aliphatic carbocycles. The van der Waals surface area contributed by atoms with Crippen LogP contribution < -0.4 is 5.73 Å². The summed E-state index contributed by atoms with van der Waals surface area (Å²) in [6.07, 6.45) is 21.7. The Morgan fingerprint density at radius 1 is 0.692 bits per heavy atom. The Kier molecular flexibility index (Phi) is 19.3. The van der Waals surface area contributed by atoms with Crippen LogP contribution in [-0.4, -0.2) is 18.5 Å². The number of carbonyl (C=O) groups is 2. The van der Waals surface area contributed by atoms with E-state index in [0.29, 0.717) is 19.4 Å². The van der Waals surface area contributed by atoms with Crippen molar-refractivity contribution in [3.8, 4) is 0 Å². The molecule has 0 aliphatic rings. The molecule has 0 amide bonds. The largest absolute Gasteiger partial charge is 0.393 e. The van der Waals surface area contributed by atoms with Crippen molar-refractivity contribution >= 4 is 11.9 Å². The lowest BCUT2D eigenvalue weighted by atomic mass is 10.1. The summed E-state index contributed by atoms with van der Waals surface area (Å²) in [7, 11) is 0. The van der Waals surface area contributed by atoms with E-state index in [-0.39, 0.29) is 6.42 Å². The first kappa shape index (κ1) is 24.8. The number of unbranched alkanes of at least 4 members (excludes halogenated alkanes) is 11. The number of allylic oxidation sites excluding steroid dienone is 2. The van der Waals surface area contributed by atoms with E-state index in [1.165, 1.54) is 57.8 Å². The molecule has 0 aromatic heterocycles.